The number of nitrogens with zero attached hydrogens (tertiary/aromatic N) is 1. The van der Waals surface area contributed by atoms with E-state index in [1.807, 2.05) is 20.8 Å². The third-order valence-electron chi connectivity index (χ3n) is 1.62. The Balaban J connectivity index is 0.00000196. The summed E-state index contributed by atoms with van der Waals surface area (Å²) in [6.45, 7) is 5.48. The molecule has 0 aliphatic heterocycles. The average Bonchev–Trinajstić information content (AvgIpc) is 2.07. The Kier molecular flexibility index (Phi) is 5.45. The van der Waals surface area contributed by atoms with E-state index in [2.05, 4.69) is 11.1 Å². The Morgan fingerprint density at radius 2 is 2.00 bits per heavy atom. The van der Waals surface area contributed by atoms with Gasteiger partial charge in [0.25, 0.3) is 0 Å². The van der Waals surface area contributed by atoms with Gasteiger partial charge in [0.1, 0.15) is 0 Å². The predicted molar refractivity (Wildman–Crippen MR) is 56.8 cm³/mol. The van der Waals surface area contributed by atoms with Gasteiger partial charge >= 0.3 is 18.9 Å². The first-order valence-electron chi connectivity index (χ1n) is 4.33. The SMILES string of the molecule is CC(C)(C)C([O-])=Nc1[c-]cc(Cl)cc1.[Li+]. The van der Waals surface area contributed by atoms with Crippen LogP contribution in [0.25, 0.3) is 0 Å². The summed E-state index contributed by atoms with van der Waals surface area (Å²) >= 11 is 5.68. The van der Waals surface area contributed by atoms with Crippen molar-refractivity contribution in [1.29, 1.82) is 0 Å². The van der Waals surface area contributed by atoms with E-state index in [4.69, 9.17) is 11.6 Å². The molecule has 0 amide bonds. The maximum atomic E-state index is 11.5. The molecule has 1 aromatic carbocycles. The van der Waals surface area contributed by atoms with Crippen LogP contribution in [-0.2, 0) is 0 Å². The van der Waals surface area contributed by atoms with Crippen molar-refractivity contribution in [2.75, 3.05) is 0 Å². The van der Waals surface area contributed by atoms with Crippen molar-refractivity contribution in [3.8, 4) is 0 Å². The van der Waals surface area contributed by atoms with Gasteiger partial charge in [0.15, 0.2) is 0 Å². The number of hydrogen-bond acceptors (Lipinski definition) is 2. The van der Waals surface area contributed by atoms with Gasteiger partial charge < -0.3 is 5.11 Å². The van der Waals surface area contributed by atoms with Crippen molar-refractivity contribution in [3.05, 3.63) is 29.3 Å². The number of aliphatic imine (C=N–C) groups is 1. The van der Waals surface area contributed by atoms with E-state index in [0.717, 1.165) is 0 Å². The second kappa shape index (κ2) is 5.60. The molecule has 0 spiro atoms. The minimum atomic E-state index is -0.451. The van der Waals surface area contributed by atoms with Crippen molar-refractivity contribution in [2.24, 2.45) is 10.4 Å². The fourth-order valence-electron chi connectivity index (χ4n) is 0.744. The van der Waals surface area contributed by atoms with Crippen LogP contribution >= 0.6 is 11.6 Å². The van der Waals surface area contributed by atoms with Crippen LogP contribution in [0.1, 0.15) is 20.8 Å². The molecule has 0 aromatic heterocycles. The zero-order valence-electron chi connectivity index (χ0n) is 9.47. The van der Waals surface area contributed by atoms with Gasteiger partial charge in [-0.2, -0.15) is 29.8 Å². The van der Waals surface area contributed by atoms with Crippen LogP contribution in [0.15, 0.2) is 23.2 Å². The number of hydrogen-bond donors (Lipinski definition) is 0. The standard InChI is InChI=1S/C11H13ClNO.Li/c1-11(2,3)10(14)13-9-6-4-8(12)5-7-9;/h4-6H,1-3H3,(H,13,14);/q-1;+1/p-1. The molecule has 15 heavy (non-hydrogen) atoms. The van der Waals surface area contributed by atoms with Gasteiger partial charge in [-0.3, -0.25) is 4.99 Å². The molecule has 0 N–H and O–H groups in total. The van der Waals surface area contributed by atoms with Crippen LogP contribution in [0.5, 0.6) is 0 Å². The summed E-state index contributed by atoms with van der Waals surface area (Å²) in [5.74, 6) is -0.156. The second-order valence-corrected chi connectivity index (χ2v) is 4.50. The largest absolute Gasteiger partial charge is 1.00 e. The van der Waals surface area contributed by atoms with Crippen molar-refractivity contribution in [1.82, 2.24) is 0 Å². The maximum absolute atomic E-state index is 11.5. The minimum Gasteiger partial charge on any atom is -0.861 e. The molecular formula is C11H12ClLiNO-. The van der Waals surface area contributed by atoms with Crippen LogP contribution in [0.4, 0.5) is 5.69 Å². The molecule has 0 fully saturated rings. The van der Waals surface area contributed by atoms with Gasteiger partial charge in [0.2, 0.25) is 0 Å². The summed E-state index contributed by atoms with van der Waals surface area (Å²) < 4.78 is 0. The van der Waals surface area contributed by atoms with E-state index in [1.165, 1.54) is 0 Å². The molecule has 0 radical (unpaired) electrons. The molecule has 0 aliphatic rings. The average molecular weight is 217 g/mol. The number of rotatable bonds is 1. The van der Waals surface area contributed by atoms with Gasteiger partial charge in [0.05, 0.1) is 0 Å². The molecule has 1 rings (SSSR count). The fraction of sp³-hybridized carbons (Fsp3) is 0.364. The first kappa shape index (κ1) is 14.6. The Bertz CT molecular complexity index is 341. The van der Waals surface area contributed by atoms with Gasteiger partial charge in [-0.1, -0.05) is 31.5 Å². The first-order valence-corrected chi connectivity index (χ1v) is 4.71. The Morgan fingerprint density at radius 3 is 2.40 bits per heavy atom. The molecule has 1 aromatic rings. The van der Waals surface area contributed by atoms with E-state index >= 15 is 0 Å². The maximum Gasteiger partial charge on any atom is 1.00 e. The monoisotopic (exact) mass is 216 g/mol. The van der Waals surface area contributed by atoms with Crippen LogP contribution in [0, 0.1) is 11.5 Å². The van der Waals surface area contributed by atoms with Crippen molar-refractivity contribution < 1.29 is 24.0 Å². The molecule has 76 valence electrons. The Hall–Kier alpha value is -0.423. The minimum absolute atomic E-state index is 0. The number of halogens is 1. The fourth-order valence-corrected chi connectivity index (χ4v) is 0.862. The smallest absolute Gasteiger partial charge is 0.861 e. The summed E-state index contributed by atoms with van der Waals surface area (Å²) in [5.41, 5.74) is 0.0716. The summed E-state index contributed by atoms with van der Waals surface area (Å²) in [4.78, 5) is 3.92. The molecule has 0 atom stereocenters. The summed E-state index contributed by atoms with van der Waals surface area (Å²) in [7, 11) is 0. The Morgan fingerprint density at radius 1 is 1.40 bits per heavy atom. The van der Waals surface area contributed by atoms with Crippen molar-refractivity contribution in [3.63, 3.8) is 0 Å². The molecule has 0 saturated heterocycles. The quantitative estimate of drug-likeness (QED) is 0.272. The molecule has 0 heterocycles. The van der Waals surface area contributed by atoms with E-state index in [1.54, 1.807) is 18.2 Å². The Labute approximate surface area is 108 Å². The molecule has 4 heteroatoms. The number of benzene rings is 1. The van der Waals surface area contributed by atoms with Crippen LogP contribution in [-0.4, -0.2) is 5.90 Å². The summed E-state index contributed by atoms with van der Waals surface area (Å²) in [6, 6.07) is 7.77. The molecule has 0 aliphatic carbocycles. The third-order valence-corrected chi connectivity index (χ3v) is 1.86. The molecule has 2 nitrogen and oxygen atoms in total. The van der Waals surface area contributed by atoms with Crippen LogP contribution < -0.4 is 24.0 Å². The van der Waals surface area contributed by atoms with E-state index in [0.29, 0.717) is 10.7 Å². The van der Waals surface area contributed by atoms with E-state index in [-0.39, 0.29) is 24.8 Å². The van der Waals surface area contributed by atoms with Crippen molar-refractivity contribution >= 4 is 23.2 Å². The normalized spacial score (nSPS) is 12.1. The van der Waals surface area contributed by atoms with Gasteiger partial charge in [-0.05, 0) is 11.3 Å². The molecular weight excluding hydrogens is 205 g/mol. The summed E-state index contributed by atoms with van der Waals surface area (Å²) in [6.07, 6.45) is 0. The molecule has 0 unspecified atom stereocenters. The summed E-state index contributed by atoms with van der Waals surface area (Å²) in [5, 5.41) is 12.1. The zero-order valence-corrected chi connectivity index (χ0v) is 10.2. The van der Waals surface area contributed by atoms with E-state index < -0.39 is 5.41 Å². The van der Waals surface area contributed by atoms with Gasteiger partial charge in [-0.25, -0.2) is 0 Å². The molecule has 0 bridgehead atoms. The second-order valence-electron chi connectivity index (χ2n) is 4.06. The van der Waals surface area contributed by atoms with Crippen LogP contribution in [0.2, 0.25) is 5.02 Å². The zero-order chi connectivity index (χ0) is 10.8. The van der Waals surface area contributed by atoms with Gasteiger partial charge in [-0.15, -0.1) is 6.07 Å². The van der Waals surface area contributed by atoms with Gasteiger partial charge in [0, 0.05) is 0 Å². The third kappa shape index (κ3) is 4.75. The first-order chi connectivity index (χ1) is 6.39. The predicted octanol–water partition coefficient (Wildman–Crippen LogP) is -0.419. The van der Waals surface area contributed by atoms with Crippen LogP contribution in [0.3, 0.4) is 0 Å². The van der Waals surface area contributed by atoms with E-state index in [9.17, 15) is 5.11 Å². The molecule has 0 saturated carbocycles. The topological polar surface area (TPSA) is 35.4 Å². The van der Waals surface area contributed by atoms with Crippen molar-refractivity contribution in [2.45, 2.75) is 20.8 Å².